The molecule has 0 radical (unpaired) electrons. The van der Waals surface area contributed by atoms with E-state index in [4.69, 9.17) is 4.74 Å². The summed E-state index contributed by atoms with van der Waals surface area (Å²) in [5, 5.41) is 5.72. The second-order valence-corrected chi connectivity index (χ2v) is 6.85. The van der Waals surface area contributed by atoms with Crippen molar-refractivity contribution < 1.29 is 14.3 Å². The van der Waals surface area contributed by atoms with Gasteiger partial charge in [0.05, 0.1) is 18.4 Å². The molecule has 6 nitrogen and oxygen atoms in total. The lowest BCUT2D eigenvalue weighted by molar-refractivity contribution is -0.116. The zero-order chi connectivity index (χ0) is 19.1. The average Bonchev–Trinajstić information content (AvgIpc) is 3.22. The van der Waals surface area contributed by atoms with Gasteiger partial charge in [0.1, 0.15) is 5.75 Å². The van der Waals surface area contributed by atoms with E-state index in [1.165, 1.54) is 39.0 Å². The maximum Gasteiger partial charge on any atom is 0.257 e. The van der Waals surface area contributed by atoms with Crippen LogP contribution in [0.1, 0.15) is 48.9 Å². The number of pyridine rings is 1. The number of hydrogen-bond acceptors (Lipinski definition) is 4. The van der Waals surface area contributed by atoms with Gasteiger partial charge in [-0.2, -0.15) is 0 Å². The summed E-state index contributed by atoms with van der Waals surface area (Å²) < 4.78 is 5.36. The number of methoxy groups -OCH3 is 1. The number of nitrogens with zero attached hydrogens (tertiary/aromatic N) is 1. The summed E-state index contributed by atoms with van der Waals surface area (Å²) in [4.78, 5) is 28.4. The Kier molecular flexibility index (Phi) is 6.41. The molecule has 2 N–H and O–H groups in total. The molecule has 0 aliphatic heterocycles. The molecule has 0 atom stereocenters. The number of ether oxygens (including phenoxy) is 1. The lowest BCUT2D eigenvalue weighted by Gasteiger charge is -2.13. The van der Waals surface area contributed by atoms with Gasteiger partial charge in [-0.05, 0) is 36.6 Å². The van der Waals surface area contributed by atoms with Crippen molar-refractivity contribution in [3.05, 3.63) is 48.3 Å². The van der Waals surface area contributed by atoms with Gasteiger partial charge in [0.2, 0.25) is 5.91 Å². The second-order valence-electron chi connectivity index (χ2n) is 6.85. The van der Waals surface area contributed by atoms with Gasteiger partial charge in [0, 0.05) is 30.6 Å². The molecule has 1 saturated carbocycles. The molecule has 27 heavy (non-hydrogen) atoms. The van der Waals surface area contributed by atoms with Gasteiger partial charge in [-0.1, -0.05) is 25.7 Å². The Bertz CT molecular complexity index is 787. The first-order chi connectivity index (χ1) is 13.2. The van der Waals surface area contributed by atoms with Crippen LogP contribution in [0.15, 0.2) is 42.7 Å². The summed E-state index contributed by atoms with van der Waals surface area (Å²) in [6.45, 7) is 0. The first kappa shape index (κ1) is 18.9. The van der Waals surface area contributed by atoms with E-state index in [0.29, 0.717) is 35.0 Å². The fourth-order valence-corrected chi connectivity index (χ4v) is 3.42. The third kappa shape index (κ3) is 5.29. The third-order valence-corrected chi connectivity index (χ3v) is 4.91. The number of rotatable bonds is 7. The monoisotopic (exact) mass is 367 g/mol. The highest BCUT2D eigenvalue weighted by atomic mass is 16.5. The molecule has 2 aromatic rings. The summed E-state index contributed by atoms with van der Waals surface area (Å²) in [7, 11) is 1.53. The number of carbonyl (C=O) groups excluding carboxylic acids is 2. The fraction of sp³-hybridized carbons (Fsp3) is 0.381. The molecule has 142 valence electrons. The largest absolute Gasteiger partial charge is 0.494 e. The van der Waals surface area contributed by atoms with Crippen LogP contribution >= 0.6 is 0 Å². The number of anilines is 2. The van der Waals surface area contributed by atoms with Crippen LogP contribution in [0.2, 0.25) is 0 Å². The number of aromatic nitrogens is 1. The number of benzene rings is 1. The molecule has 2 amide bonds. The second kappa shape index (κ2) is 9.16. The van der Waals surface area contributed by atoms with E-state index in [2.05, 4.69) is 15.6 Å². The topological polar surface area (TPSA) is 80.3 Å². The maximum absolute atomic E-state index is 12.3. The molecule has 1 aromatic heterocycles. The number of carbonyl (C=O) groups is 2. The van der Waals surface area contributed by atoms with Gasteiger partial charge >= 0.3 is 0 Å². The molecule has 0 saturated heterocycles. The lowest BCUT2D eigenvalue weighted by Crippen LogP contribution is -2.14. The van der Waals surface area contributed by atoms with Crippen LogP contribution in [0, 0.1) is 5.92 Å². The van der Waals surface area contributed by atoms with E-state index in [1.54, 1.807) is 36.5 Å². The molecule has 3 rings (SSSR count). The Morgan fingerprint density at radius 2 is 2.00 bits per heavy atom. The van der Waals surface area contributed by atoms with Crippen LogP contribution in [-0.2, 0) is 4.79 Å². The van der Waals surface area contributed by atoms with E-state index in [0.717, 1.165) is 6.42 Å². The maximum atomic E-state index is 12.3. The SMILES string of the molecule is COc1cc(NC(=O)CCC2CCCC2)ccc1NC(=O)c1cccnc1. The summed E-state index contributed by atoms with van der Waals surface area (Å²) in [6, 6.07) is 8.59. The van der Waals surface area contributed by atoms with Crippen molar-refractivity contribution in [1.82, 2.24) is 4.98 Å². The van der Waals surface area contributed by atoms with Crippen molar-refractivity contribution in [2.45, 2.75) is 38.5 Å². The van der Waals surface area contributed by atoms with Crippen LogP contribution in [0.5, 0.6) is 5.75 Å². The van der Waals surface area contributed by atoms with E-state index >= 15 is 0 Å². The molecule has 0 bridgehead atoms. The van der Waals surface area contributed by atoms with E-state index in [-0.39, 0.29) is 11.8 Å². The van der Waals surface area contributed by atoms with Crippen molar-refractivity contribution in [2.75, 3.05) is 17.7 Å². The normalized spacial score (nSPS) is 14.0. The van der Waals surface area contributed by atoms with E-state index < -0.39 is 0 Å². The minimum absolute atomic E-state index is 0.0103. The molecule has 0 unspecified atom stereocenters. The Hall–Kier alpha value is -2.89. The molecular formula is C21H25N3O3. The van der Waals surface area contributed by atoms with Gasteiger partial charge in [-0.15, -0.1) is 0 Å². The number of hydrogen-bond donors (Lipinski definition) is 2. The van der Waals surface area contributed by atoms with Crippen LogP contribution in [0.3, 0.4) is 0 Å². The predicted octanol–water partition coefficient (Wildman–Crippen LogP) is 4.25. The molecule has 1 aliphatic carbocycles. The van der Waals surface area contributed by atoms with Crippen LogP contribution in [0.25, 0.3) is 0 Å². The summed E-state index contributed by atoms with van der Waals surface area (Å²) >= 11 is 0. The fourth-order valence-electron chi connectivity index (χ4n) is 3.42. The minimum atomic E-state index is -0.269. The molecule has 0 spiro atoms. The third-order valence-electron chi connectivity index (χ3n) is 4.91. The van der Waals surface area contributed by atoms with Gasteiger partial charge < -0.3 is 15.4 Å². The zero-order valence-electron chi connectivity index (χ0n) is 15.5. The van der Waals surface area contributed by atoms with E-state index in [9.17, 15) is 9.59 Å². The molecule has 1 heterocycles. The van der Waals surface area contributed by atoms with Gasteiger partial charge in [-0.25, -0.2) is 0 Å². The Morgan fingerprint density at radius 1 is 1.19 bits per heavy atom. The average molecular weight is 367 g/mol. The highest BCUT2D eigenvalue weighted by Gasteiger charge is 2.16. The van der Waals surface area contributed by atoms with Crippen LogP contribution in [-0.4, -0.2) is 23.9 Å². The molecule has 6 heteroatoms. The van der Waals surface area contributed by atoms with Crippen molar-refractivity contribution in [3.8, 4) is 5.75 Å². The number of nitrogens with one attached hydrogen (secondary N) is 2. The lowest BCUT2D eigenvalue weighted by atomic mass is 10.0. The molecule has 1 aliphatic rings. The van der Waals surface area contributed by atoms with Crippen LogP contribution < -0.4 is 15.4 Å². The van der Waals surface area contributed by atoms with Gasteiger partial charge in [0.25, 0.3) is 5.91 Å². The van der Waals surface area contributed by atoms with Crippen molar-refractivity contribution in [1.29, 1.82) is 0 Å². The predicted molar refractivity (Wildman–Crippen MR) is 105 cm³/mol. The first-order valence-corrected chi connectivity index (χ1v) is 9.35. The summed E-state index contributed by atoms with van der Waals surface area (Å²) in [6.07, 6.45) is 9.65. The molecule has 1 fully saturated rings. The smallest absolute Gasteiger partial charge is 0.257 e. The molecule has 1 aromatic carbocycles. The van der Waals surface area contributed by atoms with Gasteiger partial charge in [-0.3, -0.25) is 14.6 Å². The summed E-state index contributed by atoms with van der Waals surface area (Å²) in [5.41, 5.74) is 1.65. The summed E-state index contributed by atoms with van der Waals surface area (Å²) in [5.74, 6) is 0.919. The Labute approximate surface area is 159 Å². The highest BCUT2D eigenvalue weighted by Crippen LogP contribution is 2.30. The Morgan fingerprint density at radius 3 is 2.70 bits per heavy atom. The van der Waals surface area contributed by atoms with E-state index in [1.807, 2.05) is 0 Å². The molecular weight excluding hydrogens is 342 g/mol. The highest BCUT2D eigenvalue weighted by molar-refractivity contribution is 6.05. The Balaban J connectivity index is 1.59. The van der Waals surface area contributed by atoms with Crippen molar-refractivity contribution in [3.63, 3.8) is 0 Å². The van der Waals surface area contributed by atoms with Crippen LogP contribution in [0.4, 0.5) is 11.4 Å². The minimum Gasteiger partial charge on any atom is -0.494 e. The zero-order valence-corrected chi connectivity index (χ0v) is 15.5. The quantitative estimate of drug-likeness (QED) is 0.766. The standard InChI is InChI=1S/C21H25N3O3/c1-27-19-13-17(23-20(25)11-8-15-5-2-3-6-15)9-10-18(19)24-21(26)16-7-4-12-22-14-16/h4,7,9-10,12-15H,2-3,5-6,8,11H2,1H3,(H,23,25)(H,24,26). The van der Waals surface area contributed by atoms with Gasteiger partial charge in [0.15, 0.2) is 0 Å². The first-order valence-electron chi connectivity index (χ1n) is 9.35. The van der Waals surface area contributed by atoms with Crippen molar-refractivity contribution in [2.24, 2.45) is 5.92 Å². The van der Waals surface area contributed by atoms with Crippen molar-refractivity contribution >= 4 is 23.2 Å². The number of amides is 2.